The van der Waals surface area contributed by atoms with Gasteiger partial charge in [0, 0.05) is 11.6 Å². The van der Waals surface area contributed by atoms with Crippen LogP contribution in [0, 0.1) is 11.3 Å². The van der Waals surface area contributed by atoms with Crippen molar-refractivity contribution in [2.45, 2.75) is 77.8 Å². The van der Waals surface area contributed by atoms with Crippen molar-refractivity contribution in [1.29, 1.82) is 0 Å². The lowest BCUT2D eigenvalue weighted by atomic mass is 9.64. The van der Waals surface area contributed by atoms with Crippen molar-refractivity contribution >= 4 is 11.8 Å². The van der Waals surface area contributed by atoms with Crippen LogP contribution < -0.4 is 5.32 Å². The van der Waals surface area contributed by atoms with E-state index in [4.69, 9.17) is 0 Å². The van der Waals surface area contributed by atoms with Gasteiger partial charge in [0.15, 0.2) is 0 Å². The molecule has 0 radical (unpaired) electrons. The molecule has 0 spiro atoms. The van der Waals surface area contributed by atoms with Crippen molar-refractivity contribution in [2.24, 2.45) is 11.3 Å². The molecule has 2 aromatic rings. The van der Waals surface area contributed by atoms with Crippen LogP contribution in [0.4, 0.5) is 0 Å². The lowest BCUT2D eigenvalue weighted by molar-refractivity contribution is -0.161. The monoisotopic (exact) mass is 458 g/mol. The van der Waals surface area contributed by atoms with E-state index >= 15 is 0 Å². The maximum Gasteiger partial charge on any atom is 0.247 e. The first kappa shape index (κ1) is 24.3. The predicted octanol–water partition coefficient (Wildman–Crippen LogP) is 6.18. The normalized spacial score (nSPS) is 21.6. The predicted molar refractivity (Wildman–Crippen MR) is 137 cm³/mol. The summed E-state index contributed by atoms with van der Waals surface area (Å²) in [6, 6.07) is 19.9. The van der Waals surface area contributed by atoms with Gasteiger partial charge in [-0.15, -0.1) is 0 Å². The molecule has 4 rings (SSSR count). The SMILES string of the molecule is CC(C)C(=O)N1[C@@H](C(=O)NC2=CCCCC2)C(C)(C)CCC1(c1ccccc1)c1ccccc1. The van der Waals surface area contributed by atoms with E-state index in [0.29, 0.717) is 0 Å². The molecule has 0 unspecified atom stereocenters. The van der Waals surface area contributed by atoms with Crippen molar-refractivity contribution in [3.63, 3.8) is 0 Å². The molecule has 0 bridgehead atoms. The molecule has 1 atom stereocenters. The van der Waals surface area contributed by atoms with Crippen molar-refractivity contribution in [2.75, 3.05) is 0 Å². The van der Waals surface area contributed by atoms with Gasteiger partial charge in [0.1, 0.15) is 6.04 Å². The van der Waals surface area contributed by atoms with Crippen molar-refractivity contribution in [3.8, 4) is 0 Å². The minimum atomic E-state index is -0.706. The lowest BCUT2D eigenvalue weighted by Crippen LogP contribution is -2.67. The summed E-state index contributed by atoms with van der Waals surface area (Å²) < 4.78 is 0. The molecule has 0 aromatic heterocycles. The average Bonchev–Trinajstić information content (AvgIpc) is 2.84. The van der Waals surface area contributed by atoms with E-state index < -0.39 is 11.6 Å². The molecule has 1 N–H and O–H groups in total. The van der Waals surface area contributed by atoms with Gasteiger partial charge >= 0.3 is 0 Å². The third-order valence-electron chi connectivity index (χ3n) is 7.60. The molecule has 2 aromatic carbocycles. The number of benzene rings is 2. The van der Waals surface area contributed by atoms with E-state index in [1.165, 1.54) is 0 Å². The van der Waals surface area contributed by atoms with Gasteiger partial charge in [0.25, 0.3) is 0 Å². The molecule has 4 nitrogen and oxygen atoms in total. The Morgan fingerprint density at radius 1 is 0.912 bits per heavy atom. The van der Waals surface area contributed by atoms with E-state index in [1.54, 1.807) is 0 Å². The van der Waals surface area contributed by atoms with Gasteiger partial charge in [0.05, 0.1) is 5.54 Å². The van der Waals surface area contributed by atoms with Crippen LogP contribution in [0.15, 0.2) is 72.4 Å². The maximum absolute atomic E-state index is 14.1. The zero-order chi connectivity index (χ0) is 24.3. The highest BCUT2D eigenvalue weighted by molar-refractivity contribution is 5.91. The average molecular weight is 459 g/mol. The molecule has 4 heteroatoms. The number of likely N-dealkylation sites (tertiary alicyclic amines) is 1. The second kappa shape index (κ2) is 9.77. The molecule has 1 heterocycles. The van der Waals surface area contributed by atoms with Crippen molar-refractivity contribution in [1.82, 2.24) is 10.2 Å². The van der Waals surface area contributed by atoms with Crippen LogP contribution in [0.2, 0.25) is 0 Å². The summed E-state index contributed by atoms with van der Waals surface area (Å²) >= 11 is 0. The number of piperidine rings is 1. The summed E-state index contributed by atoms with van der Waals surface area (Å²) in [5.41, 5.74) is 2.04. The highest BCUT2D eigenvalue weighted by Gasteiger charge is 2.56. The number of hydrogen-bond acceptors (Lipinski definition) is 2. The van der Waals surface area contributed by atoms with E-state index in [1.807, 2.05) is 55.1 Å². The fourth-order valence-electron chi connectivity index (χ4n) is 5.74. The Balaban J connectivity index is 1.91. The topological polar surface area (TPSA) is 49.4 Å². The Hall–Kier alpha value is -2.88. The third kappa shape index (κ3) is 4.43. The zero-order valence-corrected chi connectivity index (χ0v) is 21.0. The first-order chi connectivity index (χ1) is 16.3. The summed E-state index contributed by atoms with van der Waals surface area (Å²) in [6.07, 6.45) is 7.88. The number of nitrogens with one attached hydrogen (secondary N) is 1. The minimum absolute atomic E-state index is 0.0123. The van der Waals surface area contributed by atoms with Gasteiger partial charge in [-0.25, -0.2) is 0 Å². The smallest absolute Gasteiger partial charge is 0.247 e. The molecule has 2 amide bonds. The van der Waals surface area contributed by atoms with Gasteiger partial charge in [-0.3, -0.25) is 9.59 Å². The Morgan fingerprint density at radius 2 is 1.50 bits per heavy atom. The lowest BCUT2D eigenvalue weighted by Gasteiger charge is -2.57. The van der Waals surface area contributed by atoms with Gasteiger partial charge in [0.2, 0.25) is 11.8 Å². The van der Waals surface area contributed by atoms with Gasteiger partial charge in [-0.05, 0) is 55.1 Å². The van der Waals surface area contributed by atoms with Gasteiger partial charge in [-0.2, -0.15) is 0 Å². The van der Waals surface area contributed by atoms with E-state index in [2.05, 4.69) is 49.5 Å². The van der Waals surface area contributed by atoms with Crippen molar-refractivity contribution < 1.29 is 9.59 Å². The van der Waals surface area contributed by atoms with E-state index in [-0.39, 0.29) is 23.1 Å². The Labute approximate surface area is 204 Å². The van der Waals surface area contributed by atoms with Gasteiger partial charge < -0.3 is 10.2 Å². The number of amides is 2. The summed E-state index contributed by atoms with van der Waals surface area (Å²) in [7, 11) is 0. The second-order valence-corrected chi connectivity index (χ2v) is 10.8. The summed E-state index contributed by atoms with van der Waals surface area (Å²) in [5, 5.41) is 3.24. The quantitative estimate of drug-likeness (QED) is 0.582. The Bertz CT molecular complexity index is 1000. The number of rotatable bonds is 5. The first-order valence-corrected chi connectivity index (χ1v) is 12.7. The molecule has 34 heavy (non-hydrogen) atoms. The molecule has 1 saturated heterocycles. The fourth-order valence-corrected chi connectivity index (χ4v) is 5.74. The Morgan fingerprint density at radius 3 is 2.00 bits per heavy atom. The number of allylic oxidation sites excluding steroid dienone is 2. The van der Waals surface area contributed by atoms with Crippen LogP contribution in [0.3, 0.4) is 0 Å². The van der Waals surface area contributed by atoms with E-state index in [9.17, 15) is 9.59 Å². The van der Waals surface area contributed by atoms with Crippen molar-refractivity contribution in [3.05, 3.63) is 83.6 Å². The largest absolute Gasteiger partial charge is 0.328 e. The molecule has 180 valence electrons. The standard InChI is InChI=1S/C30H38N2O2/c1-22(2)28(34)32-26(27(33)31-25-18-12-7-13-19-25)29(3,4)20-21-30(32,23-14-8-5-9-15-23)24-16-10-6-11-17-24/h5-6,8-11,14-18,22,26H,7,12-13,19-21H2,1-4H3,(H,31,33)/t26-/m0/s1. The minimum Gasteiger partial charge on any atom is -0.328 e. The third-order valence-corrected chi connectivity index (χ3v) is 7.60. The molecule has 1 fully saturated rings. The number of carbonyl (C=O) groups excluding carboxylic acids is 2. The van der Waals surface area contributed by atoms with Crippen LogP contribution in [-0.4, -0.2) is 22.8 Å². The first-order valence-electron chi connectivity index (χ1n) is 12.7. The molecular formula is C30H38N2O2. The zero-order valence-electron chi connectivity index (χ0n) is 21.0. The number of hydrogen-bond donors (Lipinski definition) is 1. The number of nitrogens with zero attached hydrogens (tertiary/aromatic N) is 1. The molecule has 1 aliphatic carbocycles. The highest BCUT2D eigenvalue weighted by atomic mass is 16.2. The van der Waals surface area contributed by atoms with E-state index in [0.717, 1.165) is 55.3 Å². The Kier molecular flexibility index (Phi) is 6.97. The second-order valence-electron chi connectivity index (χ2n) is 10.8. The molecule has 1 aliphatic heterocycles. The number of carbonyl (C=O) groups is 2. The van der Waals surface area contributed by atoms with Gasteiger partial charge in [-0.1, -0.05) is 94.4 Å². The summed E-state index contributed by atoms with van der Waals surface area (Å²) in [4.78, 5) is 30.1. The maximum atomic E-state index is 14.1. The fraction of sp³-hybridized carbons (Fsp3) is 0.467. The van der Waals surface area contributed by atoms with Crippen LogP contribution in [0.5, 0.6) is 0 Å². The molecule has 0 saturated carbocycles. The highest BCUT2D eigenvalue weighted by Crippen LogP contribution is 2.52. The van der Waals surface area contributed by atoms with Crippen LogP contribution >= 0.6 is 0 Å². The van der Waals surface area contributed by atoms with Crippen LogP contribution in [0.1, 0.15) is 77.3 Å². The summed E-state index contributed by atoms with van der Waals surface area (Å²) in [6.45, 7) is 8.13. The van der Waals surface area contributed by atoms with Crippen LogP contribution in [0.25, 0.3) is 0 Å². The molecular weight excluding hydrogens is 420 g/mol. The van der Waals surface area contributed by atoms with Crippen LogP contribution in [-0.2, 0) is 15.1 Å². The summed E-state index contributed by atoms with van der Waals surface area (Å²) in [5.74, 6) is -0.286. The molecule has 2 aliphatic rings.